The van der Waals surface area contributed by atoms with Gasteiger partial charge in [-0.25, -0.2) is 0 Å². The van der Waals surface area contributed by atoms with Crippen molar-refractivity contribution in [1.29, 1.82) is 0 Å². The molecule has 1 saturated carbocycles. The van der Waals surface area contributed by atoms with E-state index in [9.17, 15) is 13.2 Å². The number of hydrogen-bond acceptors (Lipinski definition) is 5. The summed E-state index contributed by atoms with van der Waals surface area (Å²) in [6, 6.07) is 4.93. The molecule has 1 fully saturated rings. The van der Waals surface area contributed by atoms with Gasteiger partial charge in [0.25, 0.3) is 0 Å². The highest BCUT2D eigenvalue weighted by Crippen LogP contribution is 2.46. The van der Waals surface area contributed by atoms with Crippen LogP contribution in [0.15, 0.2) is 22.6 Å². The van der Waals surface area contributed by atoms with Crippen LogP contribution in [-0.2, 0) is 15.0 Å². The van der Waals surface area contributed by atoms with Gasteiger partial charge in [0.05, 0.1) is 16.7 Å². The highest BCUT2D eigenvalue weighted by atomic mass is 32.2. The van der Waals surface area contributed by atoms with Crippen molar-refractivity contribution in [3.8, 4) is 5.75 Å². The minimum Gasteiger partial charge on any atom is -0.492 e. The molecule has 0 aromatic heterocycles. The van der Waals surface area contributed by atoms with Gasteiger partial charge < -0.3 is 15.8 Å². The first kappa shape index (κ1) is 16.6. The van der Waals surface area contributed by atoms with E-state index in [0.29, 0.717) is 23.5 Å². The predicted octanol–water partition coefficient (Wildman–Crippen LogP) is 0.747. The molecular formula is C15H20N4O4S. The highest BCUT2D eigenvalue weighted by molar-refractivity contribution is 7.91. The molecular weight excluding hydrogens is 332 g/mol. The second-order valence-corrected chi connectivity index (χ2v) is 7.39. The fourth-order valence-electron chi connectivity index (χ4n) is 2.57. The summed E-state index contributed by atoms with van der Waals surface area (Å²) in [5.41, 5.74) is 5.99. The Labute approximate surface area is 140 Å². The Kier molecular flexibility index (Phi) is 4.12. The lowest BCUT2D eigenvalue weighted by molar-refractivity contribution is -0.127. The molecule has 130 valence electrons. The van der Waals surface area contributed by atoms with Gasteiger partial charge in [0.15, 0.2) is 5.84 Å². The predicted molar refractivity (Wildman–Crippen MR) is 90.2 cm³/mol. The first-order chi connectivity index (χ1) is 11.4. The summed E-state index contributed by atoms with van der Waals surface area (Å²) in [5, 5.41) is 2.89. The van der Waals surface area contributed by atoms with E-state index in [2.05, 4.69) is 14.4 Å². The number of nitrogens with zero attached hydrogens (tertiary/aromatic N) is 1. The van der Waals surface area contributed by atoms with Gasteiger partial charge in [-0.15, -0.1) is 4.40 Å². The number of carbonyl (C=O) groups excluding carboxylic acids is 1. The molecule has 8 nitrogen and oxygen atoms in total. The van der Waals surface area contributed by atoms with Crippen LogP contribution in [0.25, 0.3) is 0 Å². The number of rotatable bonds is 6. The Bertz CT molecular complexity index is 800. The van der Waals surface area contributed by atoms with Crippen molar-refractivity contribution in [3.05, 3.63) is 23.8 Å². The molecule has 0 radical (unpaired) electrons. The SMILES string of the molecule is CCCNC(=O)C1(COc2cccc3c2C(N)=NS(=O)(=O)N3)CC1. The number of ether oxygens (including phenoxy) is 1. The molecule has 1 heterocycles. The number of anilines is 1. The molecule has 1 aromatic carbocycles. The van der Waals surface area contributed by atoms with E-state index >= 15 is 0 Å². The van der Waals surface area contributed by atoms with Gasteiger partial charge in [0, 0.05) is 6.54 Å². The van der Waals surface area contributed by atoms with Crippen molar-refractivity contribution in [3.63, 3.8) is 0 Å². The van der Waals surface area contributed by atoms with E-state index in [1.807, 2.05) is 6.92 Å². The number of amides is 1. The molecule has 0 atom stereocenters. The van der Waals surface area contributed by atoms with Gasteiger partial charge in [-0.1, -0.05) is 13.0 Å². The second kappa shape index (κ2) is 5.97. The zero-order chi connectivity index (χ0) is 17.4. The minimum atomic E-state index is -3.82. The molecule has 2 aliphatic rings. The number of nitrogens with two attached hydrogens (primary N) is 1. The molecule has 0 spiro atoms. The van der Waals surface area contributed by atoms with Crippen molar-refractivity contribution in [1.82, 2.24) is 5.32 Å². The van der Waals surface area contributed by atoms with Crippen LogP contribution in [0.4, 0.5) is 5.69 Å². The standard InChI is InChI=1S/C15H20N4O4S/c1-2-8-17-14(20)15(6-7-15)9-23-11-5-3-4-10-12(11)13(16)19-24(21,22)18-10/h3-5,18H,2,6-9H2,1H3,(H2,16,19)(H,17,20). The number of carbonyl (C=O) groups is 1. The Morgan fingerprint density at radius 3 is 2.88 bits per heavy atom. The van der Waals surface area contributed by atoms with E-state index in [-0.39, 0.29) is 18.3 Å². The molecule has 24 heavy (non-hydrogen) atoms. The smallest absolute Gasteiger partial charge is 0.344 e. The van der Waals surface area contributed by atoms with Crippen LogP contribution in [0.5, 0.6) is 5.75 Å². The Balaban J connectivity index is 1.77. The zero-order valence-corrected chi connectivity index (χ0v) is 14.1. The summed E-state index contributed by atoms with van der Waals surface area (Å²) in [7, 11) is -3.82. The van der Waals surface area contributed by atoms with Crippen LogP contribution in [0.1, 0.15) is 31.7 Å². The number of amidine groups is 1. The lowest BCUT2D eigenvalue weighted by atomic mass is 10.1. The molecule has 0 bridgehead atoms. The maximum atomic E-state index is 12.2. The van der Waals surface area contributed by atoms with E-state index in [1.165, 1.54) is 0 Å². The van der Waals surface area contributed by atoms with Crippen molar-refractivity contribution in [2.45, 2.75) is 26.2 Å². The van der Waals surface area contributed by atoms with Crippen molar-refractivity contribution < 1.29 is 17.9 Å². The van der Waals surface area contributed by atoms with Crippen LogP contribution in [0.2, 0.25) is 0 Å². The lowest BCUT2D eigenvalue weighted by Gasteiger charge is -2.21. The van der Waals surface area contributed by atoms with Gasteiger partial charge in [-0.2, -0.15) is 8.42 Å². The Morgan fingerprint density at radius 1 is 1.46 bits per heavy atom. The second-order valence-electron chi connectivity index (χ2n) is 6.06. The Morgan fingerprint density at radius 2 is 2.21 bits per heavy atom. The first-order valence-corrected chi connectivity index (χ1v) is 9.23. The molecule has 3 rings (SSSR count). The summed E-state index contributed by atoms with van der Waals surface area (Å²) in [5.74, 6) is 0.279. The third-order valence-corrected chi connectivity index (χ3v) is 5.03. The number of hydrogen-bond donors (Lipinski definition) is 3. The third kappa shape index (κ3) is 3.16. The Hall–Kier alpha value is -2.29. The fourth-order valence-corrected chi connectivity index (χ4v) is 3.41. The third-order valence-electron chi connectivity index (χ3n) is 4.11. The number of benzene rings is 1. The van der Waals surface area contributed by atoms with Crippen LogP contribution >= 0.6 is 0 Å². The summed E-state index contributed by atoms with van der Waals surface area (Å²) >= 11 is 0. The van der Waals surface area contributed by atoms with Gasteiger partial charge in [-0.3, -0.25) is 9.52 Å². The minimum absolute atomic E-state index is 0.00325. The van der Waals surface area contributed by atoms with E-state index < -0.39 is 15.6 Å². The molecule has 1 aromatic rings. The largest absolute Gasteiger partial charge is 0.492 e. The maximum absolute atomic E-state index is 12.2. The summed E-state index contributed by atoms with van der Waals surface area (Å²) in [4.78, 5) is 12.2. The van der Waals surface area contributed by atoms with Gasteiger partial charge in [0.1, 0.15) is 12.4 Å². The normalized spacial score (nSPS) is 19.5. The summed E-state index contributed by atoms with van der Waals surface area (Å²) in [6.45, 7) is 2.86. The van der Waals surface area contributed by atoms with Crippen LogP contribution < -0.4 is 20.5 Å². The molecule has 1 aliphatic carbocycles. The van der Waals surface area contributed by atoms with E-state index in [4.69, 9.17) is 10.5 Å². The molecule has 0 saturated heterocycles. The van der Waals surface area contributed by atoms with Crippen LogP contribution in [-0.4, -0.2) is 33.3 Å². The average molecular weight is 352 g/mol. The quantitative estimate of drug-likeness (QED) is 0.697. The lowest BCUT2D eigenvalue weighted by Crippen LogP contribution is -2.36. The average Bonchev–Trinajstić information content (AvgIpc) is 3.30. The van der Waals surface area contributed by atoms with Crippen LogP contribution in [0, 0.1) is 5.41 Å². The maximum Gasteiger partial charge on any atom is 0.344 e. The monoisotopic (exact) mass is 352 g/mol. The molecule has 1 aliphatic heterocycles. The van der Waals surface area contributed by atoms with Crippen molar-refractivity contribution >= 4 is 27.6 Å². The molecule has 0 unspecified atom stereocenters. The first-order valence-electron chi connectivity index (χ1n) is 7.79. The number of nitrogens with one attached hydrogen (secondary N) is 2. The zero-order valence-electron chi connectivity index (χ0n) is 13.3. The van der Waals surface area contributed by atoms with Crippen LogP contribution in [0.3, 0.4) is 0 Å². The van der Waals surface area contributed by atoms with Gasteiger partial charge >= 0.3 is 10.2 Å². The van der Waals surface area contributed by atoms with Gasteiger partial charge in [0.2, 0.25) is 5.91 Å². The summed E-state index contributed by atoms with van der Waals surface area (Å²) in [6.07, 6.45) is 2.42. The van der Waals surface area contributed by atoms with Crippen molar-refractivity contribution in [2.75, 3.05) is 17.9 Å². The van der Waals surface area contributed by atoms with E-state index in [1.54, 1.807) is 18.2 Å². The summed E-state index contributed by atoms with van der Waals surface area (Å²) < 4.78 is 34.7. The van der Waals surface area contributed by atoms with E-state index in [0.717, 1.165) is 19.3 Å². The number of fused-ring (bicyclic) bond motifs is 1. The molecule has 1 amide bonds. The topological polar surface area (TPSA) is 123 Å². The molecule has 4 N–H and O–H groups in total. The highest BCUT2D eigenvalue weighted by Gasteiger charge is 2.50. The molecule has 9 heteroatoms. The van der Waals surface area contributed by atoms with Gasteiger partial charge in [-0.05, 0) is 31.4 Å². The fraction of sp³-hybridized carbons (Fsp3) is 0.467. The van der Waals surface area contributed by atoms with Crippen molar-refractivity contribution in [2.24, 2.45) is 15.5 Å².